The summed E-state index contributed by atoms with van der Waals surface area (Å²) < 4.78 is 5.46. The average Bonchev–Trinajstić information content (AvgIpc) is 2.85. The van der Waals surface area contributed by atoms with Crippen molar-refractivity contribution in [1.29, 1.82) is 5.26 Å². The Morgan fingerprint density at radius 1 is 1.03 bits per heavy atom. The molecule has 6 nitrogen and oxygen atoms in total. The highest BCUT2D eigenvalue weighted by molar-refractivity contribution is 6.04. The van der Waals surface area contributed by atoms with Crippen molar-refractivity contribution in [1.82, 2.24) is 0 Å². The van der Waals surface area contributed by atoms with Crippen molar-refractivity contribution in [3.05, 3.63) is 11.6 Å². The van der Waals surface area contributed by atoms with Crippen LogP contribution in [-0.2, 0) is 14.3 Å². The van der Waals surface area contributed by atoms with Gasteiger partial charge < -0.3 is 9.94 Å². The molecule has 5 rings (SSSR count). The van der Waals surface area contributed by atoms with Crippen LogP contribution in [0.5, 0.6) is 0 Å². The highest BCUT2D eigenvalue weighted by Crippen LogP contribution is 2.76. The molecule has 5 aliphatic rings. The number of hydrogen-bond donors (Lipinski definition) is 1. The number of ketones is 1. The van der Waals surface area contributed by atoms with Crippen molar-refractivity contribution >= 4 is 17.5 Å². The number of esters is 1. The Bertz CT molecular complexity index is 1180. The Kier molecular flexibility index (Phi) is 5.90. The zero-order valence-electron chi connectivity index (χ0n) is 24.6. The van der Waals surface area contributed by atoms with Gasteiger partial charge in [-0.25, -0.2) is 0 Å². The number of carbonyl (C=O) groups is 2. The van der Waals surface area contributed by atoms with Gasteiger partial charge >= 0.3 is 5.97 Å². The summed E-state index contributed by atoms with van der Waals surface area (Å²) in [6.45, 7) is 15.7. The molecule has 0 saturated heterocycles. The molecule has 0 unspecified atom stereocenters. The summed E-state index contributed by atoms with van der Waals surface area (Å²) in [6.07, 6.45) is 8.87. The number of rotatable bonds is 1. The van der Waals surface area contributed by atoms with Crippen molar-refractivity contribution in [3.8, 4) is 6.07 Å². The predicted molar refractivity (Wildman–Crippen MR) is 145 cm³/mol. The fraction of sp³-hybridized carbons (Fsp3) is 0.812. The number of methoxy groups -OCH3 is 1. The lowest BCUT2D eigenvalue weighted by Gasteiger charge is -2.72. The van der Waals surface area contributed by atoms with E-state index in [1.54, 1.807) is 0 Å². The summed E-state index contributed by atoms with van der Waals surface area (Å²) in [5, 5.41) is 24.5. The van der Waals surface area contributed by atoms with Gasteiger partial charge in [-0.2, -0.15) is 5.26 Å². The number of nitrogens with zero attached hydrogens (tertiary/aromatic N) is 2. The number of Topliss-reactive ketones (excluding diaryl/α,β-unsaturated/α-hetero) is 1. The first-order valence-corrected chi connectivity index (χ1v) is 14.5. The second-order valence-corrected chi connectivity index (χ2v) is 15.5. The van der Waals surface area contributed by atoms with E-state index in [-0.39, 0.29) is 62.7 Å². The maximum atomic E-state index is 13.5. The lowest BCUT2D eigenvalue weighted by Crippen LogP contribution is -2.69. The molecule has 0 bridgehead atoms. The molecule has 1 N–H and O–H groups in total. The fourth-order valence-electron chi connectivity index (χ4n) is 11.0. The number of carbonyl (C=O) groups excluding carboxylic acids is 2. The van der Waals surface area contributed by atoms with Gasteiger partial charge in [-0.05, 0) is 90.8 Å². The van der Waals surface area contributed by atoms with Gasteiger partial charge in [0.15, 0.2) is 5.78 Å². The third kappa shape index (κ3) is 3.20. The molecular weight excluding hydrogens is 476 g/mol. The highest BCUT2D eigenvalue weighted by Gasteiger charge is 2.72. The second-order valence-electron chi connectivity index (χ2n) is 15.5. The van der Waals surface area contributed by atoms with Crippen LogP contribution in [0.25, 0.3) is 0 Å². The first-order chi connectivity index (χ1) is 17.6. The summed E-state index contributed by atoms with van der Waals surface area (Å²) in [7, 11) is 1.51. The molecule has 0 aromatic heterocycles. The topological polar surface area (TPSA) is 99.8 Å². The van der Waals surface area contributed by atoms with Crippen LogP contribution in [0.4, 0.5) is 0 Å². The van der Waals surface area contributed by atoms with Crippen LogP contribution < -0.4 is 0 Å². The lowest BCUT2D eigenvalue weighted by molar-refractivity contribution is -0.207. The zero-order valence-corrected chi connectivity index (χ0v) is 24.6. The van der Waals surface area contributed by atoms with Gasteiger partial charge in [-0.15, -0.1) is 0 Å². The molecule has 0 heterocycles. The Labute approximate surface area is 228 Å². The van der Waals surface area contributed by atoms with E-state index >= 15 is 0 Å². The van der Waals surface area contributed by atoms with Crippen molar-refractivity contribution in [3.63, 3.8) is 0 Å². The predicted octanol–water partition coefficient (Wildman–Crippen LogP) is 6.72. The number of hydrogen-bond acceptors (Lipinski definition) is 6. The molecular formula is C32H46N2O4. The molecule has 0 spiro atoms. The molecule has 4 saturated carbocycles. The van der Waals surface area contributed by atoms with Gasteiger partial charge in [0.05, 0.1) is 23.8 Å². The van der Waals surface area contributed by atoms with E-state index in [4.69, 9.17) is 4.74 Å². The van der Waals surface area contributed by atoms with Gasteiger partial charge in [0.25, 0.3) is 0 Å². The van der Waals surface area contributed by atoms with Gasteiger partial charge in [-0.1, -0.05) is 59.7 Å². The molecule has 5 aliphatic carbocycles. The summed E-state index contributed by atoms with van der Waals surface area (Å²) in [6, 6.07) is 2.22. The Morgan fingerprint density at radius 3 is 2.29 bits per heavy atom. The smallest absolute Gasteiger partial charge is 0.312 e. The Balaban J connectivity index is 1.68. The maximum Gasteiger partial charge on any atom is 0.312 e. The molecule has 6 heteroatoms. The lowest BCUT2D eigenvalue weighted by atomic mass is 9.31. The van der Waals surface area contributed by atoms with Crippen molar-refractivity contribution in [2.75, 3.05) is 7.11 Å². The number of ether oxygens (including phenoxy) is 1. The second kappa shape index (κ2) is 8.18. The van der Waals surface area contributed by atoms with Crippen molar-refractivity contribution in [2.45, 2.75) is 99.8 Å². The van der Waals surface area contributed by atoms with Gasteiger partial charge in [0.1, 0.15) is 6.07 Å². The SMILES string of the molecule is COC(=O)[C@]12CCC(C)(C)C[C@H]1[C@H]1C(=NO)C[C@@H]3[C@@]4(C)C=C(C#N)C(=O)C(C)(C)[C@@H]4CC[C@@]3(C)[C@]1(C)CC2. The van der Waals surface area contributed by atoms with E-state index in [0.29, 0.717) is 6.42 Å². The number of oxime groups is 1. The van der Waals surface area contributed by atoms with E-state index in [2.05, 4.69) is 45.8 Å². The summed E-state index contributed by atoms with van der Waals surface area (Å²) in [5.41, 5.74) is -0.652. The van der Waals surface area contributed by atoms with Crippen LogP contribution in [-0.4, -0.2) is 29.8 Å². The van der Waals surface area contributed by atoms with Crippen LogP contribution in [0.15, 0.2) is 16.8 Å². The van der Waals surface area contributed by atoms with Gasteiger partial charge in [0, 0.05) is 11.3 Å². The van der Waals surface area contributed by atoms with Gasteiger partial charge in [-0.3, -0.25) is 9.59 Å². The summed E-state index contributed by atoms with van der Waals surface area (Å²) in [5.74, 6) is 0.129. The maximum absolute atomic E-state index is 13.5. The minimum absolute atomic E-state index is 0.0148. The Morgan fingerprint density at radius 2 is 1.68 bits per heavy atom. The Hall–Kier alpha value is -2.16. The third-order valence-electron chi connectivity index (χ3n) is 13.2. The highest BCUT2D eigenvalue weighted by atomic mass is 16.5. The normalized spacial score (nSPS) is 47.9. The van der Waals surface area contributed by atoms with Gasteiger partial charge in [0.2, 0.25) is 0 Å². The van der Waals surface area contributed by atoms with Crippen molar-refractivity contribution in [2.24, 2.45) is 61.3 Å². The monoisotopic (exact) mass is 522 g/mol. The number of allylic oxidation sites excluding steroid dienone is 2. The van der Waals surface area contributed by atoms with Crippen LogP contribution >= 0.6 is 0 Å². The largest absolute Gasteiger partial charge is 0.469 e. The summed E-state index contributed by atoms with van der Waals surface area (Å²) >= 11 is 0. The van der Waals surface area contributed by atoms with Crippen LogP contribution in [0.2, 0.25) is 0 Å². The molecule has 0 aromatic rings. The number of fused-ring (bicyclic) bond motifs is 7. The molecule has 0 aliphatic heterocycles. The fourth-order valence-corrected chi connectivity index (χ4v) is 11.0. The van der Waals surface area contributed by atoms with E-state index in [9.17, 15) is 20.1 Å². The first-order valence-electron chi connectivity index (χ1n) is 14.5. The van der Waals surface area contributed by atoms with E-state index < -0.39 is 10.8 Å². The van der Waals surface area contributed by atoms with Crippen LogP contribution in [0.3, 0.4) is 0 Å². The molecule has 0 aromatic carbocycles. The molecule has 8 atom stereocenters. The molecule has 208 valence electrons. The zero-order chi connectivity index (χ0) is 28.1. The van der Waals surface area contributed by atoms with E-state index in [1.165, 1.54) is 7.11 Å². The first kappa shape index (κ1) is 27.4. The van der Waals surface area contributed by atoms with E-state index in [0.717, 1.165) is 50.7 Å². The quantitative estimate of drug-likeness (QED) is 0.234. The standard InChI is InChI=1S/C32H46N2O4/c1-27(2)11-13-32(26(36)38-8)14-12-31(7)24(20(32)17-27)21(34-37)15-23-29(5)16-19(18-33)25(35)28(3,4)22(29)9-10-30(23,31)6/h16,20,22-24,37H,9-15,17H2,1-8H3/t20-,22-,23+,24-,29-,30+,31+,32-/m0/s1. The molecule has 38 heavy (non-hydrogen) atoms. The van der Waals surface area contributed by atoms with Crippen LogP contribution in [0, 0.1) is 67.5 Å². The third-order valence-corrected chi connectivity index (χ3v) is 13.2. The van der Waals surface area contributed by atoms with E-state index in [1.807, 2.05) is 19.9 Å². The van der Waals surface area contributed by atoms with Crippen molar-refractivity contribution < 1.29 is 19.5 Å². The average molecular weight is 523 g/mol. The molecule has 4 fully saturated rings. The molecule has 0 radical (unpaired) electrons. The van der Waals surface area contributed by atoms with Crippen LogP contribution in [0.1, 0.15) is 99.8 Å². The molecule has 0 amide bonds. The minimum atomic E-state index is -0.621. The number of nitriles is 1. The minimum Gasteiger partial charge on any atom is -0.469 e. The summed E-state index contributed by atoms with van der Waals surface area (Å²) in [4.78, 5) is 26.8.